The minimum absolute atomic E-state index is 0.0810. The maximum atomic E-state index is 12.8. The number of ether oxygens (including phenoxy) is 1. The second-order valence-corrected chi connectivity index (χ2v) is 7.73. The molecule has 0 aromatic heterocycles. The standard InChI is InChI=1S/C23H29N3O2/c1-25-14-11-18-15-17(9-10-20(18)25)21(26-12-5-6-13-26)16-24-23(27)19-7-3-4-8-22(19)28-2/h3-4,7-10,15,21H,5-6,11-14,16H2,1-2H3,(H,24,27)/t21-/m0/s1. The molecule has 1 atom stereocenters. The highest BCUT2D eigenvalue weighted by atomic mass is 16.5. The second-order valence-electron chi connectivity index (χ2n) is 7.73. The smallest absolute Gasteiger partial charge is 0.255 e. The summed E-state index contributed by atoms with van der Waals surface area (Å²) in [5.74, 6) is 0.529. The molecular formula is C23H29N3O2. The predicted molar refractivity (Wildman–Crippen MR) is 112 cm³/mol. The number of fused-ring (bicyclic) bond motifs is 1. The van der Waals surface area contributed by atoms with Crippen LogP contribution < -0.4 is 15.0 Å². The number of methoxy groups -OCH3 is 1. The molecule has 0 spiro atoms. The number of carbonyl (C=O) groups is 1. The van der Waals surface area contributed by atoms with E-state index >= 15 is 0 Å². The van der Waals surface area contributed by atoms with Crippen molar-refractivity contribution in [2.45, 2.75) is 25.3 Å². The number of benzene rings is 2. The van der Waals surface area contributed by atoms with Gasteiger partial charge in [0.1, 0.15) is 5.75 Å². The number of likely N-dealkylation sites (tertiary alicyclic amines) is 1. The summed E-state index contributed by atoms with van der Waals surface area (Å²) in [6, 6.07) is 14.4. The van der Waals surface area contributed by atoms with Gasteiger partial charge in [0.25, 0.3) is 5.91 Å². The molecule has 2 aromatic carbocycles. The fourth-order valence-corrected chi connectivity index (χ4v) is 4.42. The highest BCUT2D eigenvalue weighted by molar-refractivity contribution is 5.96. The Balaban J connectivity index is 1.53. The van der Waals surface area contributed by atoms with Gasteiger partial charge < -0.3 is 15.0 Å². The van der Waals surface area contributed by atoms with Gasteiger partial charge in [-0.3, -0.25) is 9.69 Å². The van der Waals surface area contributed by atoms with Crippen LogP contribution >= 0.6 is 0 Å². The van der Waals surface area contributed by atoms with Gasteiger partial charge in [-0.05, 0) is 61.7 Å². The van der Waals surface area contributed by atoms with E-state index in [9.17, 15) is 4.79 Å². The maximum absolute atomic E-state index is 12.8. The lowest BCUT2D eigenvalue weighted by atomic mass is 10.0. The summed E-state index contributed by atoms with van der Waals surface area (Å²) >= 11 is 0. The van der Waals surface area contributed by atoms with Gasteiger partial charge in [-0.15, -0.1) is 0 Å². The molecule has 2 aliphatic heterocycles. The summed E-state index contributed by atoms with van der Waals surface area (Å²) < 4.78 is 5.34. The molecule has 5 nitrogen and oxygen atoms in total. The van der Waals surface area contributed by atoms with Crippen LogP contribution in [-0.4, -0.2) is 51.1 Å². The fraction of sp³-hybridized carbons (Fsp3) is 0.435. The minimum atomic E-state index is -0.0810. The van der Waals surface area contributed by atoms with E-state index in [4.69, 9.17) is 4.74 Å². The van der Waals surface area contributed by atoms with E-state index in [-0.39, 0.29) is 11.9 Å². The number of likely N-dealkylation sites (N-methyl/N-ethyl adjacent to an activating group) is 1. The van der Waals surface area contributed by atoms with Crippen LogP contribution in [0, 0.1) is 0 Å². The summed E-state index contributed by atoms with van der Waals surface area (Å²) in [7, 11) is 3.75. The van der Waals surface area contributed by atoms with E-state index in [2.05, 4.69) is 40.4 Å². The molecule has 28 heavy (non-hydrogen) atoms. The van der Waals surface area contributed by atoms with Crippen molar-refractivity contribution in [1.82, 2.24) is 10.2 Å². The molecule has 4 rings (SSSR count). The summed E-state index contributed by atoms with van der Waals surface area (Å²) in [6.07, 6.45) is 3.55. The van der Waals surface area contributed by atoms with E-state index < -0.39 is 0 Å². The van der Waals surface area contributed by atoms with Crippen LogP contribution in [0.15, 0.2) is 42.5 Å². The average molecular weight is 380 g/mol. The molecule has 2 aromatic rings. The molecule has 148 valence electrons. The van der Waals surface area contributed by atoms with E-state index in [0.29, 0.717) is 17.9 Å². The molecule has 1 fully saturated rings. The van der Waals surface area contributed by atoms with Crippen LogP contribution in [-0.2, 0) is 6.42 Å². The van der Waals surface area contributed by atoms with Crippen molar-refractivity contribution < 1.29 is 9.53 Å². The number of para-hydroxylation sites is 1. The van der Waals surface area contributed by atoms with Crippen LogP contribution in [0.4, 0.5) is 5.69 Å². The molecule has 2 aliphatic rings. The van der Waals surface area contributed by atoms with Gasteiger partial charge in [0, 0.05) is 25.8 Å². The summed E-state index contributed by atoms with van der Waals surface area (Å²) in [6.45, 7) is 3.86. The van der Waals surface area contributed by atoms with E-state index in [1.807, 2.05) is 24.3 Å². The molecule has 2 heterocycles. The normalized spacial score (nSPS) is 17.4. The van der Waals surface area contributed by atoms with Crippen molar-refractivity contribution in [3.05, 3.63) is 59.2 Å². The first kappa shape index (κ1) is 18.8. The fourth-order valence-electron chi connectivity index (χ4n) is 4.42. The highest BCUT2D eigenvalue weighted by Crippen LogP contribution is 2.32. The average Bonchev–Trinajstić information content (AvgIpc) is 3.38. The summed E-state index contributed by atoms with van der Waals surface area (Å²) in [5.41, 5.74) is 4.64. The predicted octanol–water partition coefficient (Wildman–Crippen LogP) is 3.25. The van der Waals surface area contributed by atoms with E-state index in [0.717, 1.165) is 26.1 Å². The Labute approximate surface area is 167 Å². The molecule has 1 amide bonds. The first-order valence-corrected chi connectivity index (χ1v) is 10.2. The SMILES string of the molecule is COc1ccccc1C(=O)NC[C@@H](c1ccc2c(c1)CCN2C)N1CCCC1. The largest absolute Gasteiger partial charge is 0.496 e. The molecule has 5 heteroatoms. The van der Waals surface area contributed by atoms with Crippen LogP contribution in [0.5, 0.6) is 5.75 Å². The number of anilines is 1. The zero-order chi connectivity index (χ0) is 19.5. The summed E-state index contributed by atoms with van der Waals surface area (Å²) in [4.78, 5) is 17.6. The number of carbonyl (C=O) groups excluding carboxylic acids is 1. The van der Waals surface area contributed by atoms with E-state index in [1.165, 1.54) is 29.7 Å². The summed E-state index contributed by atoms with van der Waals surface area (Å²) in [5, 5.41) is 3.15. The van der Waals surface area contributed by atoms with Crippen LogP contribution in [0.2, 0.25) is 0 Å². The Bertz CT molecular complexity index is 845. The van der Waals surface area contributed by atoms with Crippen molar-refractivity contribution in [2.75, 3.05) is 45.2 Å². The van der Waals surface area contributed by atoms with Crippen LogP contribution in [0.1, 0.15) is 40.4 Å². The third-order valence-corrected chi connectivity index (χ3v) is 6.01. The number of hydrogen-bond donors (Lipinski definition) is 1. The van der Waals surface area contributed by atoms with Crippen molar-refractivity contribution in [2.24, 2.45) is 0 Å². The van der Waals surface area contributed by atoms with E-state index in [1.54, 1.807) is 7.11 Å². The second kappa shape index (κ2) is 8.23. The number of nitrogens with zero attached hydrogens (tertiary/aromatic N) is 2. The molecular weight excluding hydrogens is 350 g/mol. The Morgan fingerprint density at radius 2 is 1.93 bits per heavy atom. The van der Waals surface area contributed by atoms with Gasteiger partial charge in [-0.2, -0.15) is 0 Å². The molecule has 0 bridgehead atoms. The topological polar surface area (TPSA) is 44.8 Å². The van der Waals surface area contributed by atoms with Crippen molar-refractivity contribution >= 4 is 11.6 Å². The molecule has 0 unspecified atom stereocenters. The third kappa shape index (κ3) is 3.72. The molecule has 1 saturated heterocycles. The van der Waals surface area contributed by atoms with Crippen molar-refractivity contribution in [1.29, 1.82) is 0 Å². The first-order valence-electron chi connectivity index (χ1n) is 10.2. The Kier molecular flexibility index (Phi) is 5.53. The lowest BCUT2D eigenvalue weighted by Gasteiger charge is -2.29. The Morgan fingerprint density at radius 3 is 2.71 bits per heavy atom. The van der Waals surface area contributed by atoms with Gasteiger partial charge >= 0.3 is 0 Å². The van der Waals surface area contributed by atoms with Crippen LogP contribution in [0.25, 0.3) is 0 Å². The Hall–Kier alpha value is -2.53. The maximum Gasteiger partial charge on any atom is 0.255 e. The number of nitrogens with one attached hydrogen (secondary N) is 1. The lowest BCUT2D eigenvalue weighted by Crippen LogP contribution is -2.37. The first-order chi connectivity index (χ1) is 13.7. The van der Waals surface area contributed by atoms with Gasteiger partial charge in [-0.25, -0.2) is 0 Å². The third-order valence-electron chi connectivity index (χ3n) is 6.01. The Morgan fingerprint density at radius 1 is 1.14 bits per heavy atom. The van der Waals surface area contributed by atoms with Gasteiger partial charge in [0.05, 0.1) is 18.7 Å². The van der Waals surface area contributed by atoms with Gasteiger partial charge in [0.15, 0.2) is 0 Å². The van der Waals surface area contributed by atoms with Gasteiger partial charge in [-0.1, -0.05) is 24.3 Å². The van der Waals surface area contributed by atoms with Crippen molar-refractivity contribution in [3.8, 4) is 5.75 Å². The monoisotopic (exact) mass is 379 g/mol. The van der Waals surface area contributed by atoms with Crippen LogP contribution in [0.3, 0.4) is 0 Å². The highest BCUT2D eigenvalue weighted by Gasteiger charge is 2.26. The van der Waals surface area contributed by atoms with Crippen molar-refractivity contribution in [3.63, 3.8) is 0 Å². The molecule has 0 radical (unpaired) electrons. The minimum Gasteiger partial charge on any atom is -0.496 e. The zero-order valence-corrected chi connectivity index (χ0v) is 16.8. The molecule has 0 saturated carbocycles. The lowest BCUT2D eigenvalue weighted by molar-refractivity contribution is 0.0935. The number of hydrogen-bond acceptors (Lipinski definition) is 4. The molecule has 1 N–H and O–H groups in total. The number of amides is 1. The quantitative estimate of drug-likeness (QED) is 0.837. The molecule has 0 aliphatic carbocycles. The number of rotatable bonds is 6. The zero-order valence-electron chi connectivity index (χ0n) is 16.8. The van der Waals surface area contributed by atoms with Gasteiger partial charge in [0.2, 0.25) is 0 Å².